The molecule has 0 amide bonds. The third-order valence-electron chi connectivity index (χ3n) is 9.17. The van der Waals surface area contributed by atoms with E-state index in [1.54, 1.807) is 78.9 Å². The minimum absolute atomic E-state index is 0.153. The van der Waals surface area contributed by atoms with Gasteiger partial charge in [-0.3, -0.25) is 0 Å². The number of hydrogen-bond acceptors (Lipinski definition) is 9. The summed E-state index contributed by atoms with van der Waals surface area (Å²) in [6.07, 6.45) is -0.628. The molecule has 0 unspecified atom stereocenters. The van der Waals surface area contributed by atoms with Crippen molar-refractivity contribution >= 4 is 24.0 Å². The van der Waals surface area contributed by atoms with Crippen LogP contribution in [0.2, 0.25) is 0 Å². The Balaban J connectivity index is 1.61. The molecule has 9 nitrogen and oxygen atoms in total. The Morgan fingerprint density at radius 1 is 0.509 bits per heavy atom. The normalized spacial score (nSPS) is 13.7. The van der Waals surface area contributed by atoms with Gasteiger partial charge in [0.05, 0.1) is 5.41 Å². The van der Waals surface area contributed by atoms with Crippen LogP contribution in [0.5, 0.6) is 0 Å². The molecular formula is C46H46O9. The van der Waals surface area contributed by atoms with Gasteiger partial charge in [0.25, 0.3) is 0 Å². The summed E-state index contributed by atoms with van der Waals surface area (Å²) in [4.78, 5) is 42.0. The van der Waals surface area contributed by atoms with Gasteiger partial charge in [0.2, 0.25) is 0 Å². The Morgan fingerprint density at radius 2 is 0.873 bits per heavy atom. The maximum absolute atomic E-state index is 14.2. The molecule has 0 radical (unpaired) electrons. The number of ether oxygens (including phenoxy) is 6. The molecule has 0 bridgehead atoms. The Morgan fingerprint density at radius 3 is 1.27 bits per heavy atom. The van der Waals surface area contributed by atoms with Gasteiger partial charge >= 0.3 is 17.9 Å². The van der Waals surface area contributed by atoms with E-state index in [0.717, 1.165) is 11.1 Å². The van der Waals surface area contributed by atoms with E-state index in [9.17, 15) is 14.4 Å². The summed E-state index contributed by atoms with van der Waals surface area (Å²) in [5, 5.41) is 0. The van der Waals surface area contributed by atoms with E-state index in [0.29, 0.717) is 16.7 Å². The number of benzene rings is 5. The summed E-state index contributed by atoms with van der Waals surface area (Å²) in [6, 6.07) is 45.9. The first-order chi connectivity index (χ1) is 26.9. The second kappa shape index (κ2) is 20.5. The van der Waals surface area contributed by atoms with Crippen molar-refractivity contribution in [1.29, 1.82) is 0 Å². The fourth-order valence-corrected chi connectivity index (χ4v) is 6.30. The second-order valence-corrected chi connectivity index (χ2v) is 12.9. The number of rotatable bonds is 19. The van der Waals surface area contributed by atoms with Crippen molar-refractivity contribution in [2.24, 2.45) is 5.41 Å². The average Bonchev–Trinajstić information content (AvgIpc) is 3.23. The maximum Gasteiger partial charge on any atom is 0.340 e. The van der Waals surface area contributed by atoms with Crippen LogP contribution in [0.4, 0.5) is 0 Å². The molecule has 0 fully saturated rings. The SMILES string of the molecule is CO[C@H](C(=O)OCC(COC(=O)[C@@H](OC)c1ccccc1)(Cc1ccccc1)[C@@H](/C=C/c1ccccc1)OC(=O)[C@@H](OC)c1ccccc1)c1ccccc1. The zero-order valence-corrected chi connectivity index (χ0v) is 31.2. The first-order valence-electron chi connectivity index (χ1n) is 17.9. The quantitative estimate of drug-likeness (QED) is 0.0613. The van der Waals surface area contributed by atoms with Gasteiger partial charge in [-0.1, -0.05) is 158 Å². The number of hydrogen-bond donors (Lipinski definition) is 0. The van der Waals surface area contributed by atoms with Crippen molar-refractivity contribution in [3.8, 4) is 0 Å². The first kappa shape index (κ1) is 40.3. The number of methoxy groups -OCH3 is 3. The molecule has 0 saturated carbocycles. The van der Waals surface area contributed by atoms with Crippen LogP contribution in [0.1, 0.15) is 46.1 Å². The lowest BCUT2D eigenvalue weighted by molar-refractivity contribution is -0.181. The van der Waals surface area contributed by atoms with Crippen LogP contribution in [-0.4, -0.2) is 58.6 Å². The van der Waals surface area contributed by atoms with Crippen LogP contribution >= 0.6 is 0 Å². The Bertz CT molecular complexity index is 1870. The number of carbonyl (C=O) groups excluding carboxylic acids is 3. The lowest BCUT2D eigenvalue weighted by Crippen LogP contribution is -2.48. The monoisotopic (exact) mass is 742 g/mol. The minimum atomic E-state index is -1.40. The summed E-state index contributed by atoms with van der Waals surface area (Å²) in [5.74, 6) is -2.04. The van der Waals surface area contributed by atoms with Crippen LogP contribution in [0, 0.1) is 5.41 Å². The highest BCUT2D eigenvalue weighted by atomic mass is 16.6. The van der Waals surface area contributed by atoms with E-state index in [1.807, 2.05) is 84.9 Å². The molecule has 0 aliphatic carbocycles. The Hall–Kier alpha value is -5.87. The van der Waals surface area contributed by atoms with Gasteiger partial charge in [0.15, 0.2) is 18.3 Å². The minimum Gasteiger partial charge on any atom is -0.463 e. The molecule has 284 valence electrons. The van der Waals surface area contributed by atoms with Gasteiger partial charge in [0, 0.05) is 21.3 Å². The van der Waals surface area contributed by atoms with Gasteiger partial charge in [-0.25, -0.2) is 14.4 Å². The summed E-state index contributed by atoms with van der Waals surface area (Å²) >= 11 is 0. The lowest BCUT2D eigenvalue weighted by Gasteiger charge is -2.39. The highest BCUT2D eigenvalue weighted by Gasteiger charge is 2.45. The van der Waals surface area contributed by atoms with Gasteiger partial charge in [-0.2, -0.15) is 0 Å². The van der Waals surface area contributed by atoms with Crippen molar-refractivity contribution in [3.63, 3.8) is 0 Å². The fourth-order valence-electron chi connectivity index (χ4n) is 6.30. The molecular weight excluding hydrogens is 696 g/mol. The molecule has 4 atom stereocenters. The van der Waals surface area contributed by atoms with Gasteiger partial charge in [-0.05, 0) is 40.3 Å². The highest BCUT2D eigenvalue weighted by molar-refractivity contribution is 5.78. The van der Waals surface area contributed by atoms with E-state index < -0.39 is 47.7 Å². The van der Waals surface area contributed by atoms with E-state index >= 15 is 0 Å². The zero-order chi connectivity index (χ0) is 38.9. The smallest absolute Gasteiger partial charge is 0.340 e. The van der Waals surface area contributed by atoms with Crippen molar-refractivity contribution in [1.82, 2.24) is 0 Å². The molecule has 5 aromatic carbocycles. The van der Waals surface area contributed by atoms with Crippen molar-refractivity contribution in [2.45, 2.75) is 30.8 Å². The van der Waals surface area contributed by atoms with Crippen molar-refractivity contribution in [3.05, 3.63) is 186 Å². The van der Waals surface area contributed by atoms with Crippen LogP contribution in [0.25, 0.3) is 6.08 Å². The van der Waals surface area contributed by atoms with Crippen LogP contribution < -0.4 is 0 Å². The number of esters is 3. The molecule has 5 rings (SSSR count). The van der Waals surface area contributed by atoms with Gasteiger partial charge < -0.3 is 28.4 Å². The topological polar surface area (TPSA) is 107 Å². The van der Waals surface area contributed by atoms with E-state index in [2.05, 4.69) is 0 Å². The second-order valence-electron chi connectivity index (χ2n) is 12.9. The summed E-state index contributed by atoms with van der Waals surface area (Å²) in [7, 11) is 4.28. The van der Waals surface area contributed by atoms with Crippen molar-refractivity contribution < 1.29 is 42.8 Å². The lowest BCUT2D eigenvalue weighted by atomic mass is 9.77. The first-order valence-corrected chi connectivity index (χ1v) is 17.9. The molecule has 0 N–H and O–H groups in total. The van der Waals surface area contributed by atoms with Gasteiger partial charge in [-0.15, -0.1) is 0 Å². The predicted molar refractivity (Wildman–Crippen MR) is 208 cm³/mol. The highest BCUT2D eigenvalue weighted by Crippen LogP contribution is 2.36. The number of carbonyl (C=O) groups is 3. The summed E-state index contributed by atoms with van der Waals surface area (Å²) in [5.41, 5.74) is 2.02. The van der Waals surface area contributed by atoms with Crippen LogP contribution in [0.3, 0.4) is 0 Å². The van der Waals surface area contributed by atoms with Crippen LogP contribution in [0.15, 0.2) is 158 Å². The van der Waals surface area contributed by atoms with Gasteiger partial charge in [0.1, 0.15) is 19.3 Å². The average molecular weight is 743 g/mol. The molecule has 9 heteroatoms. The standard InChI is InChI=1S/C46H46O9/c1-50-40(36-23-13-6-14-24-36)43(47)53-32-46(31-35-21-11-5-12-22-35,33-54-44(48)41(51-2)37-25-15-7-16-26-37)39(30-29-34-19-9-4-10-20-34)55-45(49)42(52-3)38-27-17-8-18-28-38/h4-30,39-42H,31-33H2,1-3H3/b30-29+/t39-,40+,41+,42+/m1/s1. The van der Waals surface area contributed by atoms with E-state index in [-0.39, 0.29) is 19.6 Å². The Labute approximate surface area is 322 Å². The molecule has 0 aromatic heterocycles. The third-order valence-corrected chi connectivity index (χ3v) is 9.17. The van der Waals surface area contributed by atoms with E-state index in [4.69, 9.17) is 28.4 Å². The Kier molecular flexibility index (Phi) is 15.1. The van der Waals surface area contributed by atoms with Crippen LogP contribution in [-0.2, 0) is 49.2 Å². The molecule has 55 heavy (non-hydrogen) atoms. The van der Waals surface area contributed by atoms with E-state index in [1.165, 1.54) is 21.3 Å². The third kappa shape index (κ3) is 11.1. The molecule has 0 saturated heterocycles. The zero-order valence-electron chi connectivity index (χ0n) is 31.2. The summed E-state index contributed by atoms with van der Waals surface area (Å²) < 4.78 is 35.6. The maximum atomic E-state index is 14.2. The predicted octanol–water partition coefficient (Wildman–Crippen LogP) is 8.09. The molecule has 0 aliphatic rings. The fraction of sp³-hybridized carbons (Fsp3) is 0.239. The summed E-state index contributed by atoms with van der Waals surface area (Å²) in [6.45, 7) is -0.687. The molecule has 0 heterocycles. The largest absolute Gasteiger partial charge is 0.463 e. The molecule has 5 aromatic rings. The molecule has 0 spiro atoms. The molecule has 0 aliphatic heterocycles. The van der Waals surface area contributed by atoms with Crippen molar-refractivity contribution in [2.75, 3.05) is 34.5 Å².